The second-order valence-electron chi connectivity index (χ2n) is 4.18. The number of hydrogen-bond acceptors (Lipinski definition) is 2. The summed E-state index contributed by atoms with van der Waals surface area (Å²) in [6, 6.07) is 0. The van der Waals surface area contributed by atoms with Crippen molar-refractivity contribution in [1.29, 1.82) is 0 Å². The first kappa shape index (κ1) is 7.26. The fraction of sp³-hybridized carbons (Fsp3) is 1.00. The van der Waals surface area contributed by atoms with Crippen molar-refractivity contribution in [3.8, 4) is 0 Å². The van der Waals surface area contributed by atoms with Crippen LogP contribution in [0.4, 0.5) is 0 Å². The summed E-state index contributed by atoms with van der Waals surface area (Å²) in [5, 5.41) is 2.91. The second-order valence-corrected chi connectivity index (χ2v) is 4.18. The predicted molar refractivity (Wildman–Crippen MR) is 44.1 cm³/mol. The predicted octanol–water partition coefficient (Wildman–Crippen LogP) is 2.44. The molecule has 2 saturated carbocycles. The SMILES string of the molecule is C[C@@H](CCN=O)C1CC2CC21. The van der Waals surface area contributed by atoms with Crippen molar-refractivity contribution in [1.82, 2.24) is 0 Å². The first-order chi connectivity index (χ1) is 5.33. The lowest BCUT2D eigenvalue weighted by molar-refractivity contribution is 0.193. The molecule has 0 spiro atoms. The van der Waals surface area contributed by atoms with E-state index in [1.165, 1.54) is 12.8 Å². The summed E-state index contributed by atoms with van der Waals surface area (Å²) in [5.74, 6) is 3.83. The van der Waals surface area contributed by atoms with Gasteiger partial charge in [-0.05, 0) is 42.9 Å². The highest BCUT2D eigenvalue weighted by atomic mass is 16.3. The molecule has 0 amide bonds. The van der Waals surface area contributed by atoms with Crippen LogP contribution in [0.1, 0.15) is 26.2 Å². The standard InChI is InChI=1S/C9H15NO/c1-6(2-3-10-11)8-4-7-5-9(7)8/h6-9H,2-5H2,1H3/t6-,7?,8?,9?/m0/s1. The summed E-state index contributed by atoms with van der Waals surface area (Å²) in [4.78, 5) is 9.88. The van der Waals surface area contributed by atoms with Crippen molar-refractivity contribution >= 4 is 0 Å². The van der Waals surface area contributed by atoms with Crippen molar-refractivity contribution in [3.63, 3.8) is 0 Å². The van der Waals surface area contributed by atoms with Gasteiger partial charge in [0, 0.05) is 0 Å². The molecule has 2 rings (SSSR count). The van der Waals surface area contributed by atoms with E-state index in [9.17, 15) is 4.91 Å². The number of nitrogens with zero attached hydrogens (tertiary/aromatic N) is 1. The van der Waals surface area contributed by atoms with Crippen LogP contribution in [0.3, 0.4) is 0 Å². The van der Waals surface area contributed by atoms with Gasteiger partial charge in [-0.25, -0.2) is 0 Å². The van der Waals surface area contributed by atoms with Crippen LogP contribution in [-0.4, -0.2) is 6.54 Å². The highest BCUT2D eigenvalue weighted by Gasteiger charge is 2.54. The number of fused-ring (bicyclic) bond motifs is 1. The van der Waals surface area contributed by atoms with E-state index in [1.54, 1.807) is 0 Å². The summed E-state index contributed by atoms with van der Waals surface area (Å²) < 4.78 is 0. The largest absolute Gasteiger partial charge is 0.151 e. The maximum absolute atomic E-state index is 9.88. The van der Waals surface area contributed by atoms with Crippen molar-refractivity contribution in [2.24, 2.45) is 28.8 Å². The van der Waals surface area contributed by atoms with Gasteiger partial charge in [0.2, 0.25) is 0 Å². The van der Waals surface area contributed by atoms with E-state index in [1.807, 2.05) is 0 Å². The topological polar surface area (TPSA) is 29.4 Å². The van der Waals surface area contributed by atoms with Crippen molar-refractivity contribution < 1.29 is 0 Å². The van der Waals surface area contributed by atoms with Crippen LogP contribution in [0.15, 0.2) is 5.18 Å². The fourth-order valence-electron chi connectivity index (χ4n) is 2.52. The minimum Gasteiger partial charge on any atom is -0.151 e. The van der Waals surface area contributed by atoms with Gasteiger partial charge in [-0.1, -0.05) is 12.1 Å². The van der Waals surface area contributed by atoms with Crippen LogP contribution in [-0.2, 0) is 0 Å². The maximum atomic E-state index is 9.88. The lowest BCUT2D eigenvalue weighted by Gasteiger charge is -2.30. The molecule has 0 saturated heterocycles. The van der Waals surface area contributed by atoms with Crippen LogP contribution in [0.25, 0.3) is 0 Å². The Kier molecular flexibility index (Phi) is 1.70. The Balaban J connectivity index is 1.71. The van der Waals surface area contributed by atoms with Crippen LogP contribution in [0.2, 0.25) is 0 Å². The summed E-state index contributed by atoms with van der Waals surface area (Å²) in [6.07, 6.45) is 3.92. The molecule has 11 heavy (non-hydrogen) atoms. The molecule has 62 valence electrons. The number of hydrogen-bond donors (Lipinski definition) is 0. The van der Waals surface area contributed by atoms with Crippen molar-refractivity contribution in [2.45, 2.75) is 26.2 Å². The van der Waals surface area contributed by atoms with Crippen molar-refractivity contribution in [3.05, 3.63) is 4.91 Å². The third-order valence-electron chi connectivity index (χ3n) is 3.51. The van der Waals surface area contributed by atoms with E-state index in [2.05, 4.69) is 12.1 Å². The third kappa shape index (κ3) is 1.19. The van der Waals surface area contributed by atoms with Crippen molar-refractivity contribution in [2.75, 3.05) is 6.54 Å². The molecule has 0 aromatic rings. The Morgan fingerprint density at radius 1 is 1.55 bits per heavy atom. The molecule has 0 N–H and O–H groups in total. The number of nitroso groups, excluding NO2 is 1. The molecular weight excluding hydrogens is 138 g/mol. The van der Waals surface area contributed by atoms with E-state index in [4.69, 9.17) is 0 Å². The van der Waals surface area contributed by atoms with E-state index >= 15 is 0 Å². The molecule has 0 radical (unpaired) electrons. The summed E-state index contributed by atoms with van der Waals surface area (Å²) in [7, 11) is 0. The molecule has 4 atom stereocenters. The molecule has 2 aliphatic rings. The van der Waals surface area contributed by atoms with E-state index < -0.39 is 0 Å². The van der Waals surface area contributed by atoms with Gasteiger partial charge in [0.1, 0.15) is 0 Å². The Morgan fingerprint density at radius 2 is 2.36 bits per heavy atom. The minimum atomic E-state index is 0.523. The molecule has 2 nitrogen and oxygen atoms in total. The molecular formula is C9H15NO. The molecule has 2 aliphatic carbocycles. The second kappa shape index (κ2) is 2.58. The molecule has 0 aliphatic heterocycles. The summed E-state index contributed by atoms with van der Waals surface area (Å²) in [6.45, 7) is 2.79. The van der Waals surface area contributed by atoms with Gasteiger partial charge in [-0.15, -0.1) is 0 Å². The van der Waals surface area contributed by atoms with Crippen LogP contribution in [0, 0.1) is 28.6 Å². The van der Waals surface area contributed by atoms with E-state index in [0.717, 1.165) is 30.1 Å². The zero-order valence-electron chi connectivity index (χ0n) is 6.99. The fourth-order valence-corrected chi connectivity index (χ4v) is 2.52. The third-order valence-corrected chi connectivity index (χ3v) is 3.51. The summed E-state index contributed by atoms with van der Waals surface area (Å²) >= 11 is 0. The molecule has 0 heterocycles. The zero-order chi connectivity index (χ0) is 7.84. The normalized spacial score (nSPS) is 42.1. The quantitative estimate of drug-likeness (QED) is 0.570. The summed E-state index contributed by atoms with van der Waals surface area (Å²) in [5.41, 5.74) is 0. The Labute approximate surface area is 67.3 Å². The maximum Gasteiger partial charge on any atom is 0.0813 e. The Hall–Kier alpha value is -0.400. The monoisotopic (exact) mass is 153 g/mol. The van der Waals surface area contributed by atoms with Crippen LogP contribution in [0.5, 0.6) is 0 Å². The molecule has 3 unspecified atom stereocenters. The molecule has 0 aromatic carbocycles. The Morgan fingerprint density at radius 3 is 2.82 bits per heavy atom. The van der Waals surface area contributed by atoms with E-state index in [-0.39, 0.29) is 0 Å². The molecule has 0 aromatic heterocycles. The zero-order valence-corrected chi connectivity index (χ0v) is 6.99. The van der Waals surface area contributed by atoms with Gasteiger partial charge in [-0.3, -0.25) is 0 Å². The average molecular weight is 153 g/mol. The average Bonchev–Trinajstić information content (AvgIpc) is 2.57. The highest BCUT2D eigenvalue weighted by Crippen LogP contribution is 2.62. The lowest BCUT2D eigenvalue weighted by atomic mass is 9.75. The van der Waals surface area contributed by atoms with E-state index in [0.29, 0.717) is 6.54 Å². The van der Waals surface area contributed by atoms with Gasteiger partial charge in [0.25, 0.3) is 0 Å². The van der Waals surface area contributed by atoms with Gasteiger partial charge in [-0.2, -0.15) is 4.91 Å². The number of rotatable bonds is 4. The van der Waals surface area contributed by atoms with Crippen LogP contribution < -0.4 is 0 Å². The molecule has 2 fully saturated rings. The van der Waals surface area contributed by atoms with Gasteiger partial charge >= 0.3 is 0 Å². The highest BCUT2D eigenvalue weighted by molar-refractivity contribution is 5.03. The smallest absolute Gasteiger partial charge is 0.0813 e. The lowest BCUT2D eigenvalue weighted by Crippen LogP contribution is -2.23. The van der Waals surface area contributed by atoms with Gasteiger partial charge < -0.3 is 0 Å². The van der Waals surface area contributed by atoms with Crippen LogP contribution >= 0.6 is 0 Å². The van der Waals surface area contributed by atoms with Gasteiger partial charge in [0.05, 0.1) is 6.54 Å². The minimum absolute atomic E-state index is 0.523. The first-order valence-electron chi connectivity index (χ1n) is 4.62. The molecule has 0 bridgehead atoms. The first-order valence-corrected chi connectivity index (χ1v) is 4.62. The Bertz CT molecular complexity index is 169. The van der Waals surface area contributed by atoms with Gasteiger partial charge in [0.15, 0.2) is 0 Å². The molecule has 2 heteroatoms.